The zero-order chi connectivity index (χ0) is 26.3. The number of hydrogen-bond acceptors (Lipinski definition) is 13. The van der Waals surface area contributed by atoms with E-state index >= 15 is 0 Å². The number of rotatable bonds is 6. The van der Waals surface area contributed by atoms with Crippen molar-refractivity contribution in [1.29, 1.82) is 0 Å². The van der Waals surface area contributed by atoms with Crippen molar-refractivity contribution in [1.82, 2.24) is 0 Å². The first kappa shape index (κ1) is 25.3. The molecule has 4 rings (SSSR count). The monoisotopic (exact) mass is 508 g/mol. The molecular formula is C23H24O13. The van der Waals surface area contributed by atoms with Crippen LogP contribution in [-0.2, 0) is 4.74 Å². The van der Waals surface area contributed by atoms with Crippen LogP contribution in [0.15, 0.2) is 33.5 Å². The predicted octanol–water partition coefficient (Wildman–Crippen LogP) is -0.227. The molecule has 0 amide bonds. The first-order valence-electron chi connectivity index (χ1n) is 10.6. The summed E-state index contributed by atoms with van der Waals surface area (Å²) in [6.45, 7) is -0.740. The molecule has 1 unspecified atom stereocenters. The summed E-state index contributed by atoms with van der Waals surface area (Å²) in [5.41, 5.74) is -1.12. The van der Waals surface area contributed by atoms with Gasteiger partial charge in [0.15, 0.2) is 17.3 Å². The van der Waals surface area contributed by atoms with Gasteiger partial charge in [-0.25, -0.2) is 0 Å². The van der Waals surface area contributed by atoms with Gasteiger partial charge in [-0.3, -0.25) is 4.79 Å². The molecule has 1 aliphatic heterocycles. The lowest BCUT2D eigenvalue weighted by molar-refractivity contribution is -0.277. The number of ether oxygens (including phenoxy) is 4. The lowest BCUT2D eigenvalue weighted by Gasteiger charge is -2.39. The first-order valence-corrected chi connectivity index (χ1v) is 10.6. The third-order valence-electron chi connectivity index (χ3n) is 5.74. The average Bonchev–Trinajstić information content (AvgIpc) is 2.85. The normalized spacial score (nSPS) is 24.0. The van der Waals surface area contributed by atoms with E-state index in [0.29, 0.717) is 0 Å². The zero-order valence-corrected chi connectivity index (χ0v) is 19.0. The van der Waals surface area contributed by atoms with Crippen LogP contribution in [0.2, 0.25) is 0 Å². The Kier molecular flexibility index (Phi) is 6.84. The Morgan fingerprint density at radius 3 is 2.14 bits per heavy atom. The molecule has 1 saturated heterocycles. The number of methoxy groups -OCH3 is 2. The summed E-state index contributed by atoms with van der Waals surface area (Å²) in [5, 5.41) is 70.1. The van der Waals surface area contributed by atoms with E-state index in [0.717, 1.165) is 12.1 Å². The molecule has 7 N–H and O–H groups in total. The topological polar surface area (TPSA) is 209 Å². The molecular weight excluding hydrogens is 484 g/mol. The van der Waals surface area contributed by atoms with Crippen molar-refractivity contribution in [3.05, 3.63) is 34.5 Å². The second-order valence-electron chi connectivity index (χ2n) is 7.97. The Hall–Kier alpha value is -3.75. The fraction of sp³-hybridized carbons (Fsp3) is 0.348. The van der Waals surface area contributed by atoms with Crippen molar-refractivity contribution in [2.75, 3.05) is 20.8 Å². The van der Waals surface area contributed by atoms with Crippen LogP contribution in [-0.4, -0.2) is 87.3 Å². The lowest BCUT2D eigenvalue weighted by Crippen LogP contribution is -2.60. The third-order valence-corrected chi connectivity index (χ3v) is 5.74. The van der Waals surface area contributed by atoms with Crippen LogP contribution in [0.25, 0.3) is 22.3 Å². The first-order chi connectivity index (χ1) is 17.1. The van der Waals surface area contributed by atoms with Gasteiger partial charge in [0, 0.05) is 17.7 Å². The van der Waals surface area contributed by atoms with Gasteiger partial charge in [-0.1, -0.05) is 0 Å². The second kappa shape index (κ2) is 9.72. The van der Waals surface area contributed by atoms with E-state index in [2.05, 4.69) is 0 Å². The molecule has 194 valence electrons. The van der Waals surface area contributed by atoms with E-state index in [4.69, 9.17) is 23.4 Å². The largest absolute Gasteiger partial charge is 0.508 e. The molecule has 0 saturated carbocycles. The average molecular weight is 508 g/mol. The van der Waals surface area contributed by atoms with Crippen LogP contribution in [0.5, 0.6) is 34.5 Å². The summed E-state index contributed by atoms with van der Waals surface area (Å²) in [6.07, 6.45) is -8.42. The summed E-state index contributed by atoms with van der Waals surface area (Å²) < 4.78 is 27.1. The number of hydrogen-bond donors (Lipinski definition) is 7. The molecule has 5 atom stereocenters. The van der Waals surface area contributed by atoms with Gasteiger partial charge >= 0.3 is 0 Å². The molecule has 0 radical (unpaired) electrons. The Morgan fingerprint density at radius 1 is 0.917 bits per heavy atom. The highest BCUT2D eigenvalue weighted by atomic mass is 16.7. The number of fused-ring (bicyclic) bond motifs is 1. The SMILES string of the molecule is COc1cc(-c2oc3cc(O)cc(O)c3c(=O)c2OC2O[C@@H](CO)[C@H](O)[C@@H](O)[C@@H]2O)cc(OC)c1O. The van der Waals surface area contributed by atoms with Crippen LogP contribution < -0.4 is 19.6 Å². The van der Waals surface area contributed by atoms with Crippen molar-refractivity contribution < 1.29 is 59.1 Å². The maximum atomic E-state index is 13.5. The lowest BCUT2D eigenvalue weighted by atomic mass is 9.99. The molecule has 13 heteroatoms. The summed E-state index contributed by atoms with van der Waals surface area (Å²) in [6, 6.07) is 4.55. The fourth-order valence-corrected chi connectivity index (χ4v) is 3.87. The van der Waals surface area contributed by atoms with E-state index in [9.17, 15) is 40.5 Å². The van der Waals surface area contributed by atoms with E-state index in [-0.39, 0.29) is 39.5 Å². The Labute approximate surface area is 202 Å². The van der Waals surface area contributed by atoms with Crippen molar-refractivity contribution >= 4 is 11.0 Å². The minimum atomic E-state index is -1.86. The van der Waals surface area contributed by atoms with Crippen LogP contribution in [0.1, 0.15) is 0 Å². The van der Waals surface area contributed by atoms with Crippen LogP contribution in [0.3, 0.4) is 0 Å². The summed E-state index contributed by atoms with van der Waals surface area (Å²) in [5.74, 6) is -2.44. The molecule has 1 aliphatic rings. The van der Waals surface area contributed by atoms with Gasteiger partial charge in [0.2, 0.25) is 23.2 Å². The van der Waals surface area contributed by atoms with Crippen LogP contribution in [0.4, 0.5) is 0 Å². The predicted molar refractivity (Wildman–Crippen MR) is 120 cm³/mol. The number of aliphatic hydroxyl groups is 4. The molecule has 0 aliphatic carbocycles. The molecule has 0 bridgehead atoms. The smallest absolute Gasteiger partial charge is 0.239 e. The van der Waals surface area contributed by atoms with Crippen molar-refractivity contribution in [3.63, 3.8) is 0 Å². The number of phenols is 3. The van der Waals surface area contributed by atoms with Gasteiger partial charge < -0.3 is 59.1 Å². The molecule has 1 aromatic heterocycles. The van der Waals surface area contributed by atoms with E-state index in [1.807, 2.05) is 0 Å². The summed E-state index contributed by atoms with van der Waals surface area (Å²) in [7, 11) is 2.55. The van der Waals surface area contributed by atoms with Crippen LogP contribution in [0, 0.1) is 0 Å². The van der Waals surface area contributed by atoms with Gasteiger partial charge in [0.1, 0.15) is 46.9 Å². The molecule has 0 spiro atoms. The van der Waals surface area contributed by atoms with Crippen molar-refractivity contribution in [2.24, 2.45) is 0 Å². The van der Waals surface area contributed by atoms with E-state index in [1.54, 1.807) is 0 Å². The van der Waals surface area contributed by atoms with Crippen molar-refractivity contribution in [2.45, 2.75) is 30.7 Å². The molecule has 13 nitrogen and oxygen atoms in total. The third kappa shape index (κ3) is 4.23. The van der Waals surface area contributed by atoms with Gasteiger partial charge in [-0.15, -0.1) is 0 Å². The highest BCUT2D eigenvalue weighted by molar-refractivity contribution is 5.88. The maximum Gasteiger partial charge on any atom is 0.239 e. The molecule has 2 heterocycles. The molecule has 3 aromatic rings. The highest BCUT2D eigenvalue weighted by Gasteiger charge is 2.45. The van der Waals surface area contributed by atoms with Gasteiger partial charge in [-0.05, 0) is 12.1 Å². The zero-order valence-electron chi connectivity index (χ0n) is 19.0. The van der Waals surface area contributed by atoms with E-state index < -0.39 is 60.0 Å². The summed E-state index contributed by atoms with van der Waals surface area (Å²) in [4.78, 5) is 13.5. The number of aliphatic hydroxyl groups excluding tert-OH is 4. The summed E-state index contributed by atoms with van der Waals surface area (Å²) >= 11 is 0. The Morgan fingerprint density at radius 2 is 1.56 bits per heavy atom. The molecule has 1 fully saturated rings. The number of phenolic OH excluding ortho intramolecular Hbond substituents is 3. The van der Waals surface area contributed by atoms with E-state index in [1.165, 1.54) is 26.4 Å². The van der Waals surface area contributed by atoms with Gasteiger partial charge in [-0.2, -0.15) is 0 Å². The quantitative estimate of drug-likeness (QED) is 0.230. The maximum absolute atomic E-state index is 13.5. The Bertz CT molecular complexity index is 1310. The second-order valence-corrected chi connectivity index (χ2v) is 7.97. The fourth-order valence-electron chi connectivity index (χ4n) is 3.87. The number of benzene rings is 2. The van der Waals surface area contributed by atoms with Gasteiger partial charge in [0.25, 0.3) is 0 Å². The molecule has 36 heavy (non-hydrogen) atoms. The number of aromatic hydroxyl groups is 3. The minimum Gasteiger partial charge on any atom is -0.508 e. The standard InChI is InChI=1S/C23H24O13/c1-32-12-3-8(4-13(33-2)16(12)27)21-22(18(29)15-10(26)5-9(25)6-11(15)34-21)36-23-20(31)19(30)17(28)14(7-24)35-23/h3-6,14,17,19-20,23-28,30-31H,7H2,1-2H3/t14-,17-,19+,20-,23?/m0/s1. The van der Waals surface area contributed by atoms with Gasteiger partial charge in [0.05, 0.1) is 20.8 Å². The Balaban J connectivity index is 1.96. The highest BCUT2D eigenvalue weighted by Crippen LogP contribution is 2.43. The van der Waals surface area contributed by atoms with Crippen LogP contribution >= 0.6 is 0 Å². The molecule has 2 aromatic carbocycles. The minimum absolute atomic E-state index is 0.0651. The van der Waals surface area contributed by atoms with Crippen molar-refractivity contribution in [3.8, 4) is 45.8 Å².